The molecule has 42 heavy (non-hydrogen) atoms. The van der Waals surface area contributed by atoms with Crippen molar-refractivity contribution >= 4 is 33.3 Å². The first-order chi connectivity index (χ1) is 18.9. The highest BCUT2D eigenvalue weighted by Gasteiger charge is 2.69. The maximum Gasteiger partial charge on any atom is 0.242 e. The van der Waals surface area contributed by atoms with Gasteiger partial charge in [-0.1, -0.05) is 13.8 Å². The lowest BCUT2D eigenvalue weighted by Gasteiger charge is -2.64. The van der Waals surface area contributed by atoms with E-state index >= 15 is 0 Å². The predicted molar refractivity (Wildman–Crippen MR) is 185 cm³/mol. The second-order valence-corrected chi connectivity index (χ2v) is 36.7. The molecule has 0 aromatic rings. The summed E-state index contributed by atoms with van der Waals surface area (Å²) in [7, 11) is -7.25. The molecule has 1 N–H and O–H groups in total. The van der Waals surface area contributed by atoms with Crippen LogP contribution in [0.1, 0.15) is 65.2 Å². The fraction of sp³-hybridized carbons (Fsp3) is 0.939. The van der Waals surface area contributed by atoms with Crippen LogP contribution in [0, 0.1) is 34.5 Å². The Morgan fingerprint density at radius 2 is 1.36 bits per heavy atom. The van der Waals surface area contributed by atoms with Crippen molar-refractivity contribution < 1.29 is 22.8 Å². The smallest absolute Gasteiger partial charge is 0.242 e. The van der Waals surface area contributed by atoms with Crippen LogP contribution in [0.5, 0.6) is 0 Å². The highest BCUT2D eigenvalue weighted by molar-refractivity contribution is 6.71. The molecule has 0 aromatic heterocycles. The molecule has 4 rings (SSSR count). The molecule has 0 spiro atoms. The van der Waals surface area contributed by atoms with E-state index in [2.05, 4.69) is 92.4 Å². The Kier molecular flexibility index (Phi) is 9.49. The zero-order chi connectivity index (χ0) is 31.7. The van der Waals surface area contributed by atoms with E-state index in [0.29, 0.717) is 35.5 Å². The van der Waals surface area contributed by atoms with Crippen LogP contribution in [0.25, 0.3) is 0 Å². The first-order valence-corrected chi connectivity index (χ1v) is 30.7. The minimum Gasteiger partial charge on any atom is -0.547 e. The van der Waals surface area contributed by atoms with Gasteiger partial charge in [-0.25, -0.2) is 0 Å². The van der Waals surface area contributed by atoms with Crippen LogP contribution in [0.2, 0.25) is 78.6 Å². The van der Waals surface area contributed by atoms with Crippen molar-refractivity contribution in [2.45, 2.75) is 162 Å². The summed E-state index contributed by atoms with van der Waals surface area (Å²) in [6, 6.07) is 0. The van der Waals surface area contributed by atoms with Gasteiger partial charge in [0.15, 0.2) is 16.6 Å². The SMILES string of the molecule is C[C@]12C[C@H](O[Si](C)(C)C)C3C(CC[C@@H]4C[C@H](O[Si](C)(C)C)CC[C@]34C)C1CC[C@]2(O)/C(=C/O[Si](C)(C)C)O[Si](C)(C)C. The summed E-state index contributed by atoms with van der Waals surface area (Å²) in [6.45, 7) is 32.3. The van der Waals surface area contributed by atoms with Gasteiger partial charge in [0.1, 0.15) is 17.6 Å². The van der Waals surface area contributed by atoms with Crippen molar-refractivity contribution in [1.29, 1.82) is 0 Å². The molecule has 0 heterocycles. The fourth-order valence-corrected chi connectivity index (χ4v) is 13.3. The van der Waals surface area contributed by atoms with Gasteiger partial charge in [-0.2, -0.15) is 0 Å². The number of rotatable bonds is 9. The van der Waals surface area contributed by atoms with Crippen LogP contribution in [0.3, 0.4) is 0 Å². The molecule has 0 bridgehead atoms. The van der Waals surface area contributed by atoms with Gasteiger partial charge in [-0.15, -0.1) is 0 Å². The summed E-state index contributed by atoms with van der Waals surface area (Å²) >= 11 is 0. The minimum atomic E-state index is -2.00. The standard InChI is InChI=1S/C33H66O5Si4/c1-31-19-17-25(36-40(6,7)8)21-24(31)15-16-26-27-18-20-33(34,29(38-42(12,13)14)23-35-39(3,4)5)32(27,2)22-28(30(26)31)37-41(9,10)11/h23-28,30,34H,15-22H2,1-14H3/b29-23-/t24-,25-,26?,27?,28+,30?,31+,32+,33+/m1/s1. The van der Waals surface area contributed by atoms with Crippen molar-refractivity contribution in [3.05, 3.63) is 12.0 Å². The highest BCUT2D eigenvalue weighted by Crippen LogP contribution is 2.70. The van der Waals surface area contributed by atoms with E-state index in [1.165, 1.54) is 32.1 Å². The average Bonchev–Trinajstić information content (AvgIpc) is 3.04. The lowest BCUT2D eigenvalue weighted by molar-refractivity contribution is -0.193. The molecule has 0 radical (unpaired) electrons. The lowest BCUT2D eigenvalue weighted by atomic mass is 9.43. The highest BCUT2D eigenvalue weighted by atomic mass is 28.4. The maximum atomic E-state index is 12.9. The molecule has 4 aliphatic rings. The molecule has 0 aromatic carbocycles. The van der Waals surface area contributed by atoms with Gasteiger partial charge in [-0.3, -0.25) is 0 Å². The number of hydrogen-bond donors (Lipinski definition) is 1. The molecule has 9 heteroatoms. The molecule has 4 aliphatic carbocycles. The fourth-order valence-electron chi connectivity index (χ4n) is 9.65. The first kappa shape index (κ1) is 35.0. The summed E-state index contributed by atoms with van der Waals surface area (Å²) in [4.78, 5) is 0. The van der Waals surface area contributed by atoms with Gasteiger partial charge >= 0.3 is 0 Å². The van der Waals surface area contributed by atoms with Crippen LogP contribution in [-0.2, 0) is 17.7 Å². The Morgan fingerprint density at radius 3 is 1.90 bits per heavy atom. The van der Waals surface area contributed by atoms with Gasteiger partial charge in [-0.05, 0) is 159 Å². The van der Waals surface area contributed by atoms with E-state index in [1.807, 2.05) is 6.26 Å². The van der Waals surface area contributed by atoms with E-state index in [1.54, 1.807) is 0 Å². The van der Waals surface area contributed by atoms with Crippen LogP contribution in [-0.4, -0.2) is 56.2 Å². The molecule has 5 nitrogen and oxygen atoms in total. The molecule has 0 amide bonds. The topological polar surface area (TPSA) is 57.2 Å². The summed E-state index contributed by atoms with van der Waals surface area (Å²) in [5.74, 6) is 2.97. The van der Waals surface area contributed by atoms with Crippen molar-refractivity contribution in [2.24, 2.45) is 34.5 Å². The third-order valence-corrected chi connectivity index (χ3v) is 14.8. The van der Waals surface area contributed by atoms with Crippen LogP contribution < -0.4 is 0 Å². The molecular weight excluding hydrogens is 589 g/mol. The number of fused-ring (bicyclic) bond motifs is 5. The Labute approximate surface area is 263 Å². The van der Waals surface area contributed by atoms with Gasteiger partial charge in [0.05, 0.1) is 0 Å². The Hall–Kier alpha value is 0.0875. The van der Waals surface area contributed by atoms with E-state index in [0.717, 1.165) is 19.3 Å². The number of hydrogen-bond acceptors (Lipinski definition) is 5. The Bertz CT molecular complexity index is 1010. The minimum absolute atomic E-state index is 0.167. The van der Waals surface area contributed by atoms with E-state index in [9.17, 15) is 5.11 Å². The quantitative estimate of drug-likeness (QED) is 0.198. The zero-order valence-electron chi connectivity index (χ0n) is 29.8. The van der Waals surface area contributed by atoms with E-state index < -0.39 is 38.9 Å². The van der Waals surface area contributed by atoms with Crippen LogP contribution in [0.15, 0.2) is 12.0 Å². The molecule has 9 atom stereocenters. The van der Waals surface area contributed by atoms with Crippen molar-refractivity contribution in [3.8, 4) is 0 Å². The molecule has 4 saturated carbocycles. The number of aliphatic hydroxyl groups is 1. The predicted octanol–water partition coefficient (Wildman–Crippen LogP) is 9.35. The third kappa shape index (κ3) is 7.22. The van der Waals surface area contributed by atoms with E-state index in [-0.39, 0.29) is 16.9 Å². The summed E-state index contributed by atoms with van der Waals surface area (Å²) in [5.41, 5.74) is -1.08. The molecule has 0 saturated heterocycles. The van der Waals surface area contributed by atoms with Gasteiger partial charge in [0.25, 0.3) is 0 Å². The summed E-state index contributed by atoms with van der Waals surface area (Å²) < 4.78 is 27.1. The summed E-state index contributed by atoms with van der Waals surface area (Å²) in [6.07, 6.45) is 11.3. The van der Waals surface area contributed by atoms with Crippen LogP contribution in [0.4, 0.5) is 0 Å². The van der Waals surface area contributed by atoms with Crippen molar-refractivity contribution in [3.63, 3.8) is 0 Å². The first-order valence-electron chi connectivity index (χ1n) is 17.0. The molecule has 3 unspecified atom stereocenters. The zero-order valence-corrected chi connectivity index (χ0v) is 33.8. The van der Waals surface area contributed by atoms with Crippen molar-refractivity contribution in [1.82, 2.24) is 0 Å². The Balaban J connectivity index is 1.73. The van der Waals surface area contributed by atoms with E-state index in [4.69, 9.17) is 17.7 Å². The second-order valence-electron chi connectivity index (χ2n) is 18.9. The third-order valence-electron chi connectivity index (χ3n) is 11.0. The summed E-state index contributed by atoms with van der Waals surface area (Å²) in [5, 5.41) is 12.9. The maximum absolute atomic E-state index is 12.9. The monoisotopic (exact) mass is 654 g/mol. The Morgan fingerprint density at radius 1 is 0.738 bits per heavy atom. The second kappa shape index (κ2) is 11.4. The molecule has 4 fully saturated rings. The molecule has 244 valence electrons. The average molecular weight is 655 g/mol. The van der Waals surface area contributed by atoms with Gasteiger partial charge < -0.3 is 22.8 Å². The normalized spacial score (nSPS) is 41.5. The van der Waals surface area contributed by atoms with Crippen molar-refractivity contribution in [2.75, 3.05) is 0 Å². The molecular formula is C33H66O5Si4. The van der Waals surface area contributed by atoms with Gasteiger partial charge in [0.2, 0.25) is 16.6 Å². The molecule has 0 aliphatic heterocycles. The lowest BCUT2D eigenvalue weighted by Crippen LogP contribution is -2.63. The largest absolute Gasteiger partial charge is 0.547 e. The van der Waals surface area contributed by atoms with Gasteiger partial charge in [0, 0.05) is 17.6 Å². The van der Waals surface area contributed by atoms with Crippen LogP contribution >= 0.6 is 0 Å².